The van der Waals surface area contributed by atoms with Crippen molar-refractivity contribution in [2.45, 2.75) is 38.2 Å². The lowest BCUT2D eigenvalue weighted by Crippen LogP contribution is -2.37. The molecule has 1 fully saturated rings. The first kappa shape index (κ1) is 21.5. The lowest BCUT2D eigenvalue weighted by molar-refractivity contribution is 0.0475. The minimum Gasteiger partial charge on any atom is -0.376 e. The van der Waals surface area contributed by atoms with Crippen LogP contribution in [0.15, 0.2) is 42.5 Å². The topological polar surface area (TPSA) is 75.7 Å². The molecule has 2 aromatic rings. The maximum Gasteiger partial charge on any atom is 0.261 e. The van der Waals surface area contributed by atoms with Gasteiger partial charge in [0.1, 0.15) is 0 Å². The molecule has 31 heavy (non-hydrogen) atoms. The number of hydrogen-bond acceptors (Lipinski definition) is 4. The fraction of sp³-hybridized carbons (Fsp3) is 0.375. The summed E-state index contributed by atoms with van der Waals surface area (Å²) in [6.07, 6.45) is 1.66. The average molecular weight is 441 g/mol. The molecule has 162 valence electrons. The van der Waals surface area contributed by atoms with E-state index in [2.05, 4.69) is 5.32 Å². The van der Waals surface area contributed by atoms with Gasteiger partial charge in [-0.15, -0.1) is 0 Å². The van der Waals surface area contributed by atoms with E-state index in [9.17, 15) is 14.4 Å². The molecule has 2 heterocycles. The first-order valence-electron chi connectivity index (χ1n) is 10.4. The maximum atomic E-state index is 12.8. The third-order valence-corrected chi connectivity index (χ3v) is 6.21. The number of ether oxygens (including phenoxy) is 1. The van der Waals surface area contributed by atoms with Crippen LogP contribution in [0, 0.1) is 0 Å². The standard InChI is InChI=1S/C24H25ClN2O4/c1-24(2,16-6-8-17(25)9-7-16)14-26-21(28)15-5-10-19-20(12-15)23(30)27(22(19)29)13-18-4-3-11-31-18/h5-10,12,18H,3-4,11,13-14H2,1-2H3,(H,26,28). The van der Waals surface area contributed by atoms with Crippen molar-refractivity contribution in [3.8, 4) is 0 Å². The zero-order chi connectivity index (χ0) is 22.2. The molecule has 1 atom stereocenters. The smallest absolute Gasteiger partial charge is 0.261 e. The van der Waals surface area contributed by atoms with Crippen LogP contribution < -0.4 is 5.32 Å². The molecule has 0 aromatic heterocycles. The van der Waals surface area contributed by atoms with Gasteiger partial charge < -0.3 is 10.1 Å². The van der Waals surface area contributed by atoms with E-state index >= 15 is 0 Å². The van der Waals surface area contributed by atoms with E-state index < -0.39 is 0 Å². The van der Waals surface area contributed by atoms with Crippen molar-refractivity contribution in [3.63, 3.8) is 0 Å². The van der Waals surface area contributed by atoms with Gasteiger partial charge >= 0.3 is 0 Å². The Labute approximate surface area is 186 Å². The third-order valence-electron chi connectivity index (χ3n) is 5.96. The SMILES string of the molecule is CC(C)(CNC(=O)c1ccc2c(c1)C(=O)N(CC1CCCO1)C2=O)c1ccc(Cl)cc1. The number of imide groups is 1. The number of benzene rings is 2. The average Bonchev–Trinajstić information content (AvgIpc) is 3.35. The molecule has 6 nitrogen and oxygen atoms in total. The summed E-state index contributed by atoms with van der Waals surface area (Å²) in [5, 5.41) is 3.60. The molecule has 2 aliphatic rings. The van der Waals surface area contributed by atoms with Gasteiger partial charge in [0.25, 0.3) is 17.7 Å². The molecule has 1 unspecified atom stereocenters. The van der Waals surface area contributed by atoms with Crippen LogP contribution in [0.2, 0.25) is 5.02 Å². The number of fused-ring (bicyclic) bond motifs is 1. The second-order valence-corrected chi connectivity index (χ2v) is 9.13. The molecule has 2 aromatic carbocycles. The highest BCUT2D eigenvalue weighted by atomic mass is 35.5. The number of carbonyl (C=O) groups excluding carboxylic acids is 3. The van der Waals surface area contributed by atoms with Gasteiger partial charge in [-0.1, -0.05) is 37.6 Å². The molecule has 2 aliphatic heterocycles. The van der Waals surface area contributed by atoms with E-state index in [1.807, 2.05) is 38.1 Å². The molecule has 0 aliphatic carbocycles. The normalized spacial score (nSPS) is 18.4. The minimum atomic E-state index is -0.369. The predicted molar refractivity (Wildman–Crippen MR) is 118 cm³/mol. The van der Waals surface area contributed by atoms with Crippen molar-refractivity contribution in [3.05, 3.63) is 69.7 Å². The summed E-state index contributed by atoms with van der Waals surface area (Å²) in [6, 6.07) is 12.2. The van der Waals surface area contributed by atoms with Crippen molar-refractivity contribution >= 4 is 29.3 Å². The van der Waals surface area contributed by atoms with Crippen molar-refractivity contribution in [2.75, 3.05) is 19.7 Å². The molecule has 0 bridgehead atoms. The van der Waals surface area contributed by atoms with Gasteiger partial charge in [-0.2, -0.15) is 0 Å². The van der Waals surface area contributed by atoms with E-state index in [0.29, 0.717) is 29.3 Å². The molecule has 1 N–H and O–H groups in total. The maximum absolute atomic E-state index is 12.8. The first-order valence-corrected chi connectivity index (χ1v) is 10.8. The highest BCUT2D eigenvalue weighted by molar-refractivity contribution is 6.30. The largest absolute Gasteiger partial charge is 0.376 e. The first-order chi connectivity index (χ1) is 14.8. The zero-order valence-corrected chi connectivity index (χ0v) is 18.4. The fourth-order valence-corrected chi connectivity index (χ4v) is 4.12. The van der Waals surface area contributed by atoms with Gasteiger partial charge in [0.05, 0.1) is 23.8 Å². The second kappa shape index (κ2) is 8.44. The van der Waals surface area contributed by atoms with Crippen LogP contribution in [0.4, 0.5) is 0 Å². The van der Waals surface area contributed by atoms with Crippen LogP contribution >= 0.6 is 11.6 Å². The summed E-state index contributed by atoms with van der Waals surface area (Å²) < 4.78 is 5.56. The summed E-state index contributed by atoms with van der Waals surface area (Å²) in [5.41, 5.74) is 1.71. The lowest BCUT2D eigenvalue weighted by atomic mass is 9.84. The van der Waals surface area contributed by atoms with Gasteiger partial charge in [0, 0.05) is 29.2 Å². The number of nitrogens with one attached hydrogen (secondary N) is 1. The highest BCUT2D eigenvalue weighted by Gasteiger charge is 2.38. The number of carbonyl (C=O) groups is 3. The molecule has 0 radical (unpaired) electrons. The summed E-state index contributed by atoms with van der Waals surface area (Å²) in [6.45, 7) is 5.38. The van der Waals surface area contributed by atoms with Crippen LogP contribution in [0.25, 0.3) is 0 Å². The Morgan fingerprint density at radius 3 is 2.52 bits per heavy atom. The van der Waals surface area contributed by atoms with Crippen molar-refractivity contribution in [1.82, 2.24) is 10.2 Å². The highest BCUT2D eigenvalue weighted by Crippen LogP contribution is 2.27. The van der Waals surface area contributed by atoms with E-state index in [4.69, 9.17) is 16.3 Å². The number of halogens is 1. The van der Waals surface area contributed by atoms with E-state index in [-0.39, 0.29) is 41.3 Å². The zero-order valence-electron chi connectivity index (χ0n) is 17.6. The minimum absolute atomic E-state index is 0.111. The quantitative estimate of drug-likeness (QED) is 0.693. The summed E-state index contributed by atoms with van der Waals surface area (Å²) in [7, 11) is 0. The Balaban J connectivity index is 1.45. The Morgan fingerprint density at radius 1 is 1.13 bits per heavy atom. The number of nitrogens with zero attached hydrogens (tertiary/aromatic N) is 1. The molecule has 3 amide bonds. The Bertz CT molecular complexity index is 1030. The van der Waals surface area contributed by atoms with E-state index in [0.717, 1.165) is 18.4 Å². The Morgan fingerprint density at radius 2 is 1.84 bits per heavy atom. The van der Waals surface area contributed by atoms with Crippen LogP contribution in [0.5, 0.6) is 0 Å². The molecular formula is C24H25ClN2O4. The van der Waals surface area contributed by atoms with Crippen molar-refractivity contribution in [1.29, 1.82) is 0 Å². The van der Waals surface area contributed by atoms with Gasteiger partial charge in [-0.05, 0) is 48.7 Å². The van der Waals surface area contributed by atoms with Crippen LogP contribution in [-0.4, -0.2) is 48.4 Å². The number of rotatable bonds is 6. The third kappa shape index (κ3) is 4.36. The van der Waals surface area contributed by atoms with Gasteiger partial charge in [-0.25, -0.2) is 0 Å². The van der Waals surface area contributed by atoms with Crippen LogP contribution in [0.1, 0.15) is 63.3 Å². The Hall–Kier alpha value is -2.70. The molecular weight excluding hydrogens is 416 g/mol. The number of hydrogen-bond donors (Lipinski definition) is 1. The van der Waals surface area contributed by atoms with Crippen molar-refractivity contribution in [2.24, 2.45) is 0 Å². The van der Waals surface area contributed by atoms with Gasteiger partial charge in [-0.3, -0.25) is 19.3 Å². The predicted octanol–water partition coefficient (Wildman–Crippen LogP) is 3.82. The fourth-order valence-electron chi connectivity index (χ4n) is 4.00. The summed E-state index contributed by atoms with van der Waals surface area (Å²) in [4.78, 5) is 39.5. The monoisotopic (exact) mass is 440 g/mol. The number of amides is 3. The van der Waals surface area contributed by atoms with Gasteiger partial charge in [0.15, 0.2) is 0 Å². The van der Waals surface area contributed by atoms with E-state index in [1.54, 1.807) is 12.1 Å². The van der Waals surface area contributed by atoms with Crippen LogP contribution in [-0.2, 0) is 10.2 Å². The molecule has 0 spiro atoms. The molecule has 1 saturated heterocycles. The lowest BCUT2D eigenvalue weighted by Gasteiger charge is -2.25. The van der Waals surface area contributed by atoms with E-state index in [1.165, 1.54) is 11.0 Å². The Kier molecular flexibility index (Phi) is 5.86. The van der Waals surface area contributed by atoms with Crippen molar-refractivity contribution < 1.29 is 19.1 Å². The summed E-state index contributed by atoms with van der Waals surface area (Å²) >= 11 is 5.96. The second-order valence-electron chi connectivity index (χ2n) is 8.69. The summed E-state index contributed by atoms with van der Waals surface area (Å²) in [5.74, 6) is -0.986. The van der Waals surface area contributed by atoms with Gasteiger partial charge in [0.2, 0.25) is 0 Å². The molecule has 7 heteroatoms. The van der Waals surface area contributed by atoms with Crippen LogP contribution in [0.3, 0.4) is 0 Å². The molecule has 0 saturated carbocycles. The molecule has 4 rings (SSSR count).